The Morgan fingerprint density at radius 2 is 1.58 bits per heavy atom. The molecule has 1 aliphatic heterocycles. The minimum absolute atomic E-state index is 0.798. The maximum Gasteiger partial charge on any atom is 0.0642 e. The van der Waals surface area contributed by atoms with Gasteiger partial charge in [-0.05, 0) is 42.8 Å². The molecule has 4 nitrogen and oxygen atoms in total. The fourth-order valence-corrected chi connectivity index (χ4v) is 4.30. The number of anilines is 1. The summed E-state index contributed by atoms with van der Waals surface area (Å²) in [5, 5.41) is 1.24. The molecule has 0 spiro atoms. The molecule has 5 rings (SSSR count). The number of para-hydroxylation sites is 1. The Morgan fingerprint density at radius 3 is 2.35 bits per heavy atom. The first-order valence-electron chi connectivity index (χ1n) is 10.9. The summed E-state index contributed by atoms with van der Waals surface area (Å²) in [5.41, 5.74) is 7.17. The lowest BCUT2D eigenvalue weighted by atomic mass is 10.1. The Bertz CT molecular complexity index is 1190. The van der Waals surface area contributed by atoms with E-state index in [1.165, 1.54) is 33.4 Å². The number of benzene rings is 3. The van der Waals surface area contributed by atoms with Crippen LogP contribution in [-0.4, -0.2) is 37.1 Å². The van der Waals surface area contributed by atoms with E-state index in [2.05, 4.69) is 95.3 Å². The highest BCUT2D eigenvalue weighted by molar-refractivity contribution is 6.01. The van der Waals surface area contributed by atoms with Crippen molar-refractivity contribution >= 4 is 28.5 Å². The minimum Gasteiger partial charge on any atom is -0.378 e. The second kappa shape index (κ2) is 8.78. The van der Waals surface area contributed by atoms with Crippen molar-refractivity contribution in [3.63, 3.8) is 0 Å². The van der Waals surface area contributed by atoms with E-state index in [0.29, 0.717) is 0 Å². The Kier molecular flexibility index (Phi) is 5.55. The fraction of sp³-hybridized carbons (Fsp3) is 0.222. The third kappa shape index (κ3) is 4.12. The number of morpholine rings is 1. The van der Waals surface area contributed by atoms with Gasteiger partial charge in [0.1, 0.15) is 0 Å². The van der Waals surface area contributed by atoms with Crippen LogP contribution in [0.4, 0.5) is 11.4 Å². The molecule has 156 valence electrons. The van der Waals surface area contributed by atoms with E-state index < -0.39 is 0 Å². The zero-order valence-corrected chi connectivity index (χ0v) is 17.9. The van der Waals surface area contributed by atoms with Crippen LogP contribution >= 0.6 is 0 Å². The Hall–Kier alpha value is -3.37. The maximum absolute atomic E-state index is 5.45. The van der Waals surface area contributed by atoms with Crippen LogP contribution < -0.4 is 4.90 Å². The normalized spacial score (nSPS) is 14.5. The number of aromatic nitrogens is 1. The number of rotatable bonds is 5. The molecule has 0 N–H and O–H groups in total. The molecule has 0 unspecified atom stereocenters. The van der Waals surface area contributed by atoms with Crippen LogP contribution in [0.25, 0.3) is 10.9 Å². The van der Waals surface area contributed by atoms with Crippen LogP contribution in [0.3, 0.4) is 0 Å². The van der Waals surface area contributed by atoms with Gasteiger partial charge in [-0.1, -0.05) is 48.5 Å². The highest BCUT2D eigenvalue weighted by atomic mass is 16.5. The maximum atomic E-state index is 5.45. The smallest absolute Gasteiger partial charge is 0.0642 e. The summed E-state index contributed by atoms with van der Waals surface area (Å²) < 4.78 is 7.83. The van der Waals surface area contributed by atoms with Gasteiger partial charge in [-0.25, -0.2) is 0 Å². The van der Waals surface area contributed by atoms with E-state index >= 15 is 0 Å². The first-order chi connectivity index (χ1) is 15.3. The molecule has 1 saturated heterocycles. The summed E-state index contributed by atoms with van der Waals surface area (Å²) in [7, 11) is 0. The quantitative estimate of drug-likeness (QED) is 0.403. The number of hydrogen-bond acceptors (Lipinski definition) is 3. The van der Waals surface area contributed by atoms with Gasteiger partial charge < -0.3 is 14.2 Å². The average Bonchev–Trinajstić information content (AvgIpc) is 3.10. The van der Waals surface area contributed by atoms with Crippen LogP contribution in [0, 0.1) is 6.92 Å². The van der Waals surface area contributed by atoms with Crippen LogP contribution in [0.15, 0.2) is 83.9 Å². The van der Waals surface area contributed by atoms with Crippen molar-refractivity contribution in [2.45, 2.75) is 13.5 Å². The molecular weight excluding hydrogens is 382 g/mol. The monoisotopic (exact) mass is 409 g/mol. The van der Waals surface area contributed by atoms with E-state index in [9.17, 15) is 0 Å². The van der Waals surface area contributed by atoms with Crippen LogP contribution in [0.1, 0.15) is 16.8 Å². The third-order valence-corrected chi connectivity index (χ3v) is 6.03. The van der Waals surface area contributed by atoms with Gasteiger partial charge in [0.25, 0.3) is 0 Å². The number of nitrogens with zero attached hydrogens (tertiary/aromatic N) is 3. The zero-order valence-electron chi connectivity index (χ0n) is 17.9. The predicted octanol–water partition coefficient (Wildman–Crippen LogP) is 5.59. The van der Waals surface area contributed by atoms with Crippen molar-refractivity contribution in [2.75, 3.05) is 31.2 Å². The Balaban J connectivity index is 1.43. The van der Waals surface area contributed by atoms with Gasteiger partial charge in [0.2, 0.25) is 0 Å². The molecule has 31 heavy (non-hydrogen) atoms. The lowest BCUT2D eigenvalue weighted by molar-refractivity contribution is 0.122. The zero-order chi connectivity index (χ0) is 21.0. The molecule has 0 saturated carbocycles. The van der Waals surface area contributed by atoms with Crippen molar-refractivity contribution in [1.82, 2.24) is 4.57 Å². The van der Waals surface area contributed by atoms with Crippen molar-refractivity contribution < 1.29 is 4.74 Å². The van der Waals surface area contributed by atoms with E-state index in [4.69, 9.17) is 9.73 Å². The van der Waals surface area contributed by atoms with Gasteiger partial charge in [0.15, 0.2) is 0 Å². The van der Waals surface area contributed by atoms with Gasteiger partial charge in [-0.15, -0.1) is 0 Å². The van der Waals surface area contributed by atoms with Crippen molar-refractivity contribution in [1.29, 1.82) is 0 Å². The highest BCUT2D eigenvalue weighted by Gasteiger charge is 2.13. The molecule has 4 aromatic rings. The van der Waals surface area contributed by atoms with Crippen molar-refractivity contribution in [2.24, 2.45) is 4.99 Å². The summed E-state index contributed by atoms with van der Waals surface area (Å²) in [6, 6.07) is 27.7. The first kappa shape index (κ1) is 19.6. The molecule has 2 heterocycles. The Morgan fingerprint density at radius 1 is 0.871 bits per heavy atom. The molecule has 0 atom stereocenters. The second-order valence-corrected chi connectivity index (χ2v) is 7.96. The molecule has 0 radical (unpaired) electrons. The number of ether oxygens (including phenoxy) is 1. The summed E-state index contributed by atoms with van der Waals surface area (Å²) in [6.45, 7) is 6.53. The molecular formula is C27H27N3O. The van der Waals surface area contributed by atoms with E-state index in [1.54, 1.807) is 0 Å². The highest BCUT2D eigenvalue weighted by Crippen LogP contribution is 2.27. The first-order valence-corrected chi connectivity index (χ1v) is 10.9. The topological polar surface area (TPSA) is 29.8 Å². The standard InChI is InChI=1S/C27H27N3O/c1-21-26(19-28-23-11-13-24(14-12-23)29-15-17-31-18-16-29)25-9-5-6-10-27(25)30(21)20-22-7-3-2-4-8-22/h2-14,19H,15-18,20H2,1H3. The molecule has 0 amide bonds. The van der Waals surface area contributed by atoms with E-state index in [0.717, 1.165) is 38.5 Å². The summed E-state index contributed by atoms with van der Waals surface area (Å²) in [5.74, 6) is 0. The average molecular weight is 410 g/mol. The Labute approximate surface area is 183 Å². The van der Waals surface area contributed by atoms with Gasteiger partial charge >= 0.3 is 0 Å². The van der Waals surface area contributed by atoms with Gasteiger partial charge in [-0.2, -0.15) is 0 Å². The number of hydrogen-bond donors (Lipinski definition) is 0. The van der Waals surface area contributed by atoms with Crippen LogP contribution in [-0.2, 0) is 11.3 Å². The van der Waals surface area contributed by atoms with Crippen LogP contribution in [0.2, 0.25) is 0 Å². The van der Waals surface area contributed by atoms with Crippen molar-refractivity contribution in [3.8, 4) is 0 Å². The largest absolute Gasteiger partial charge is 0.378 e. The summed E-state index contributed by atoms with van der Waals surface area (Å²) in [4.78, 5) is 7.17. The number of fused-ring (bicyclic) bond motifs is 1. The lowest BCUT2D eigenvalue weighted by Gasteiger charge is -2.28. The van der Waals surface area contributed by atoms with Crippen LogP contribution in [0.5, 0.6) is 0 Å². The lowest BCUT2D eigenvalue weighted by Crippen LogP contribution is -2.36. The molecule has 1 aliphatic rings. The van der Waals surface area contributed by atoms with Gasteiger partial charge in [-0.3, -0.25) is 4.99 Å². The fourth-order valence-electron chi connectivity index (χ4n) is 4.30. The molecule has 4 heteroatoms. The van der Waals surface area contributed by atoms with E-state index in [-0.39, 0.29) is 0 Å². The van der Waals surface area contributed by atoms with E-state index in [1.807, 2.05) is 6.21 Å². The minimum atomic E-state index is 0.798. The SMILES string of the molecule is Cc1c(C=Nc2ccc(N3CCOCC3)cc2)c2ccccc2n1Cc1ccccc1. The van der Waals surface area contributed by atoms with Gasteiger partial charge in [0.05, 0.1) is 18.9 Å². The molecule has 0 aliphatic carbocycles. The molecule has 1 fully saturated rings. The second-order valence-electron chi connectivity index (χ2n) is 7.96. The molecule has 0 bridgehead atoms. The van der Waals surface area contributed by atoms with Gasteiger partial charge in [0, 0.05) is 53.7 Å². The summed E-state index contributed by atoms with van der Waals surface area (Å²) >= 11 is 0. The molecule has 1 aromatic heterocycles. The van der Waals surface area contributed by atoms with Crippen molar-refractivity contribution in [3.05, 3.63) is 95.7 Å². The predicted molar refractivity (Wildman–Crippen MR) is 129 cm³/mol. The third-order valence-electron chi connectivity index (χ3n) is 6.03. The molecule has 3 aromatic carbocycles. The summed E-state index contributed by atoms with van der Waals surface area (Å²) in [6.07, 6.45) is 2.02. The number of aliphatic imine (C=N–C) groups is 1.